The first-order valence-corrected chi connectivity index (χ1v) is 14.1. The average molecular weight is 718 g/mol. The molecule has 7 rings (SSSR count). The predicted molar refractivity (Wildman–Crippen MR) is 156 cm³/mol. The van der Waals surface area contributed by atoms with Crippen molar-refractivity contribution in [2.24, 2.45) is 0 Å². The first-order valence-electron chi connectivity index (χ1n) is 12.6. The molecule has 1 heterocycles. The summed E-state index contributed by atoms with van der Waals surface area (Å²) in [5.74, 6) is 0. The molecule has 1 atom stereocenters. The van der Waals surface area contributed by atoms with E-state index in [2.05, 4.69) is 128 Å². The Morgan fingerprint density at radius 3 is 2.13 bits per heavy atom. The van der Waals surface area contributed by atoms with Crippen LogP contribution < -0.4 is 35.4 Å². The number of fused-ring (bicyclic) bond motifs is 4. The van der Waals surface area contributed by atoms with Crippen molar-refractivity contribution in [3.05, 3.63) is 121 Å². The third kappa shape index (κ3) is 5.93. The molecule has 0 nitrogen and oxygen atoms in total. The summed E-state index contributed by atoms with van der Waals surface area (Å²) in [5, 5.41) is 8.66. The van der Waals surface area contributed by atoms with Crippen LogP contribution in [0.15, 0.2) is 121 Å². The summed E-state index contributed by atoms with van der Waals surface area (Å²) in [6.07, 6.45) is 3.93. The molecule has 0 N–H and O–H groups in total. The van der Waals surface area contributed by atoms with Gasteiger partial charge >= 0.3 is 25.8 Å². The summed E-state index contributed by atoms with van der Waals surface area (Å²) in [6, 6.07) is 44.1. The molecule has 0 radical (unpaired) electrons. The van der Waals surface area contributed by atoms with Gasteiger partial charge in [-0.2, -0.15) is 18.2 Å². The van der Waals surface area contributed by atoms with Crippen molar-refractivity contribution in [1.29, 1.82) is 0 Å². The molecule has 188 valence electrons. The van der Waals surface area contributed by atoms with Crippen LogP contribution >= 0.6 is 7.92 Å². The molecule has 0 aliphatic carbocycles. The van der Waals surface area contributed by atoms with Crippen LogP contribution in [0.1, 0.15) is 19.8 Å². The Balaban J connectivity index is 0.000000202. The van der Waals surface area contributed by atoms with E-state index in [9.17, 15) is 0 Å². The second kappa shape index (κ2) is 13.9. The molecule has 38 heavy (non-hydrogen) atoms. The zero-order valence-corrected chi connectivity index (χ0v) is 27.4. The Kier molecular flexibility index (Phi) is 11.1. The summed E-state index contributed by atoms with van der Waals surface area (Å²) < 4.78 is 0. The molecule has 6 aromatic rings. The van der Waals surface area contributed by atoms with Crippen LogP contribution in [0.3, 0.4) is 0 Å². The molecule has 6 aromatic carbocycles. The number of halogens is 2. The first-order chi connectivity index (χ1) is 17.3. The molecule has 2 bridgehead atoms. The van der Waals surface area contributed by atoms with Crippen LogP contribution in [0.2, 0.25) is 0 Å². The van der Waals surface area contributed by atoms with Gasteiger partial charge in [-0.05, 0) is 29.0 Å². The van der Waals surface area contributed by atoms with E-state index in [1.165, 1.54) is 62.8 Å². The fraction of sp³-hybridized carbons (Fsp3) is 0.118. The Morgan fingerprint density at radius 1 is 0.658 bits per heavy atom. The smallest absolute Gasteiger partial charge is 1.00 e. The maximum Gasteiger partial charge on any atom is 4.00 e. The third-order valence-electron chi connectivity index (χ3n) is 7.03. The summed E-state index contributed by atoms with van der Waals surface area (Å²) in [5.41, 5.74) is 5.49. The van der Waals surface area contributed by atoms with Crippen molar-refractivity contribution in [1.82, 2.24) is 0 Å². The predicted octanol–water partition coefficient (Wildman–Crippen LogP) is 3.00. The van der Waals surface area contributed by atoms with Crippen LogP contribution in [-0.2, 0) is 25.8 Å². The van der Waals surface area contributed by atoms with E-state index >= 15 is 0 Å². The second-order valence-corrected chi connectivity index (χ2v) is 11.5. The quantitative estimate of drug-likeness (QED) is 0.150. The number of benzene rings is 4. The van der Waals surface area contributed by atoms with Crippen LogP contribution in [0.5, 0.6) is 0 Å². The molecule has 0 amide bonds. The molecular formula is C34H29Cl2HfP. The molecule has 1 unspecified atom stereocenters. The average Bonchev–Trinajstić information content (AvgIpc) is 3.54. The third-order valence-corrected chi connectivity index (χ3v) is 9.65. The van der Waals surface area contributed by atoms with Crippen LogP contribution in [-0.4, -0.2) is 6.16 Å². The van der Waals surface area contributed by atoms with Gasteiger partial charge in [0.2, 0.25) is 0 Å². The van der Waals surface area contributed by atoms with Gasteiger partial charge in [-0.15, -0.1) is 63.2 Å². The molecule has 0 fully saturated rings. The SMILES string of the molecule is CCCCP1c2cc3c(cccc3[cH-]2)-c2ccccc21.[Cl-].[Cl-].[Hf+4].c1ccc(-c2cccc3[cH-]ccc23)cc1. The fourth-order valence-electron chi connectivity index (χ4n) is 5.28. The summed E-state index contributed by atoms with van der Waals surface area (Å²) in [4.78, 5) is 0. The van der Waals surface area contributed by atoms with Gasteiger partial charge in [0.05, 0.1) is 0 Å². The Morgan fingerprint density at radius 2 is 1.34 bits per heavy atom. The van der Waals surface area contributed by atoms with Gasteiger partial charge in [-0.25, -0.2) is 0 Å². The molecule has 0 aromatic heterocycles. The second-order valence-electron chi connectivity index (χ2n) is 9.24. The van der Waals surface area contributed by atoms with Crippen LogP contribution in [0.4, 0.5) is 0 Å². The molecule has 1 aliphatic rings. The maximum atomic E-state index is 2.45. The Hall–Kier alpha value is -2.02. The van der Waals surface area contributed by atoms with E-state index in [1.54, 1.807) is 10.6 Å². The van der Waals surface area contributed by atoms with E-state index in [4.69, 9.17) is 0 Å². The van der Waals surface area contributed by atoms with Crippen molar-refractivity contribution in [2.75, 3.05) is 6.16 Å². The van der Waals surface area contributed by atoms with E-state index < -0.39 is 0 Å². The minimum atomic E-state index is -0.178. The van der Waals surface area contributed by atoms with E-state index in [0.29, 0.717) is 0 Å². The summed E-state index contributed by atoms with van der Waals surface area (Å²) in [6.45, 7) is 2.29. The van der Waals surface area contributed by atoms with Crippen molar-refractivity contribution in [3.8, 4) is 22.3 Å². The van der Waals surface area contributed by atoms with Gasteiger partial charge in [-0.1, -0.05) is 99.1 Å². The number of hydrogen-bond donors (Lipinski definition) is 0. The molecule has 1 aliphatic heterocycles. The Bertz CT molecular complexity index is 1600. The summed E-state index contributed by atoms with van der Waals surface area (Å²) >= 11 is 0. The van der Waals surface area contributed by atoms with Crippen LogP contribution in [0, 0.1) is 0 Å². The van der Waals surface area contributed by atoms with E-state index in [0.717, 1.165) is 0 Å². The Labute approximate surface area is 258 Å². The van der Waals surface area contributed by atoms with Gasteiger partial charge < -0.3 is 24.8 Å². The van der Waals surface area contributed by atoms with Gasteiger partial charge in [0, 0.05) is 0 Å². The van der Waals surface area contributed by atoms with Crippen LogP contribution in [0.25, 0.3) is 43.8 Å². The van der Waals surface area contributed by atoms with Crippen molar-refractivity contribution < 1.29 is 50.7 Å². The topological polar surface area (TPSA) is 0 Å². The maximum absolute atomic E-state index is 2.45. The van der Waals surface area contributed by atoms with E-state index in [-0.39, 0.29) is 58.6 Å². The van der Waals surface area contributed by atoms with Gasteiger partial charge in [0.25, 0.3) is 0 Å². The molecule has 4 heteroatoms. The van der Waals surface area contributed by atoms with Gasteiger partial charge in [0.1, 0.15) is 0 Å². The number of rotatable bonds is 4. The number of hydrogen-bond acceptors (Lipinski definition) is 0. The molecule has 0 saturated carbocycles. The van der Waals surface area contributed by atoms with Crippen molar-refractivity contribution >= 4 is 40.1 Å². The monoisotopic (exact) mass is 718 g/mol. The fourth-order valence-corrected chi connectivity index (χ4v) is 8.02. The van der Waals surface area contributed by atoms with E-state index in [1.807, 2.05) is 0 Å². The summed E-state index contributed by atoms with van der Waals surface area (Å²) in [7, 11) is -0.178. The van der Waals surface area contributed by atoms with Gasteiger partial charge in [-0.3, -0.25) is 0 Å². The van der Waals surface area contributed by atoms with Gasteiger partial charge in [0.15, 0.2) is 0 Å². The van der Waals surface area contributed by atoms with Crippen molar-refractivity contribution in [2.45, 2.75) is 19.8 Å². The minimum absolute atomic E-state index is 0. The van der Waals surface area contributed by atoms with Crippen molar-refractivity contribution in [3.63, 3.8) is 0 Å². The zero-order chi connectivity index (χ0) is 23.6. The normalized spacial score (nSPS) is 12.8. The molecular weight excluding hydrogens is 689 g/mol. The largest absolute Gasteiger partial charge is 4.00 e. The number of unbranched alkanes of at least 4 members (excludes halogenated alkanes) is 1. The zero-order valence-electron chi connectivity index (χ0n) is 21.4. The molecule has 0 saturated heterocycles. The standard InChI is InChI=1S/C19H18P.C15H11.2ClH.Hf/c1-2-3-11-20-15-12-14-7-6-9-16(18(14)13-15)17-8-4-5-10-19(17)20;1-2-6-12(7-3-1)14-10-4-8-13-9-5-11-15(13)14;;;/h4-10,12-13H,2-3,11H2,1H3;1-11H;2*1H;/q2*-1;;;+4/p-2. The molecule has 0 spiro atoms. The first kappa shape index (κ1) is 30.5. The minimum Gasteiger partial charge on any atom is -1.00 e.